The number of methoxy groups -OCH3 is 3. The molecule has 0 bridgehead atoms. The average Bonchev–Trinajstić information content (AvgIpc) is 3.69. The second-order valence-corrected chi connectivity index (χ2v) is 27.7. The number of carbonyl (C=O) groups excluding carboxylic acids is 1. The molecule has 0 saturated carbocycles. The van der Waals surface area contributed by atoms with Gasteiger partial charge in [-0.15, -0.1) is 10.2 Å². The lowest BCUT2D eigenvalue weighted by Gasteiger charge is -2.39. The zero-order chi connectivity index (χ0) is 48.0. The summed E-state index contributed by atoms with van der Waals surface area (Å²) in [4.78, 5) is 13.2. The van der Waals surface area contributed by atoms with E-state index < -0.39 is 61.5 Å². The maximum absolute atomic E-state index is 15.8. The van der Waals surface area contributed by atoms with Crippen molar-refractivity contribution < 1.29 is 45.0 Å². The Morgan fingerprint density at radius 1 is 0.769 bits per heavy atom. The number of hydrogen-bond acceptors (Lipinski definition) is 13. The van der Waals surface area contributed by atoms with E-state index in [0.29, 0.717) is 31.9 Å². The Bertz CT molecular complexity index is 2580. The molecule has 0 aliphatic rings. The van der Waals surface area contributed by atoms with Crippen LogP contribution in [0.2, 0.25) is 18.1 Å². The SMILES string of the molecule is COc1ccc(CN(Cc2ccc(OC)cc2)S(=O)(=O)c2c(S(=O)(=O)C[C@@H](CNC(=O)OC(C)(C)C)O[Si](C)(C)C(C)(C)C)ccc(I)c2-c2nnn(Cc3ccc(OC)cc3)n2)cc1. The molecule has 5 rings (SSSR count). The molecule has 1 N–H and O–H groups in total. The van der Waals surface area contributed by atoms with Gasteiger partial charge in [-0.1, -0.05) is 57.2 Å². The monoisotopic (exact) mass is 1060 g/mol. The summed E-state index contributed by atoms with van der Waals surface area (Å²) >= 11 is 1.97. The van der Waals surface area contributed by atoms with Crippen molar-refractivity contribution in [1.82, 2.24) is 29.8 Å². The van der Waals surface area contributed by atoms with Gasteiger partial charge in [0.2, 0.25) is 15.8 Å². The van der Waals surface area contributed by atoms with Crippen LogP contribution in [0.15, 0.2) is 94.7 Å². The first-order valence-electron chi connectivity index (χ1n) is 20.7. The minimum atomic E-state index is -4.81. The van der Waals surface area contributed by atoms with Gasteiger partial charge in [-0.2, -0.15) is 9.10 Å². The van der Waals surface area contributed by atoms with E-state index in [9.17, 15) is 4.79 Å². The zero-order valence-corrected chi connectivity index (χ0v) is 43.5. The molecule has 352 valence electrons. The van der Waals surface area contributed by atoms with Gasteiger partial charge in [0.15, 0.2) is 18.2 Å². The molecular weight excluding hydrogens is 1000 g/mol. The number of nitrogens with one attached hydrogen (secondary N) is 1. The van der Waals surface area contributed by atoms with E-state index in [1.54, 1.807) is 88.5 Å². The Morgan fingerprint density at radius 2 is 1.26 bits per heavy atom. The van der Waals surface area contributed by atoms with Crippen LogP contribution in [-0.2, 0) is 48.7 Å². The van der Waals surface area contributed by atoms with E-state index in [1.807, 2.05) is 68.6 Å². The molecule has 1 heterocycles. The molecule has 0 aliphatic carbocycles. The molecular formula is C45H59IN6O10S2Si. The van der Waals surface area contributed by atoms with Crippen LogP contribution in [0.3, 0.4) is 0 Å². The summed E-state index contributed by atoms with van der Waals surface area (Å²) in [6.07, 6.45) is -1.86. The third kappa shape index (κ3) is 13.5. The number of nitrogens with zero attached hydrogens (tertiary/aromatic N) is 5. The molecule has 4 aromatic carbocycles. The second-order valence-electron chi connectivity index (χ2n) is 17.9. The van der Waals surface area contributed by atoms with Crippen molar-refractivity contribution in [3.05, 3.63) is 105 Å². The van der Waals surface area contributed by atoms with E-state index in [4.69, 9.17) is 23.4 Å². The summed E-state index contributed by atoms with van der Waals surface area (Å²) in [5, 5.41) is 15.6. The lowest BCUT2D eigenvalue weighted by atomic mass is 10.2. The van der Waals surface area contributed by atoms with E-state index >= 15 is 16.8 Å². The van der Waals surface area contributed by atoms with Crippen LogP contribution in [0.5, 0.6) is 17.2 Å². The van der Waals surface area contributed by atoms with Crippen molar-refractivity contribution in [3.8, 4) is 28.6 Å². The third-order valence-electron chi connectivity index (χ3n) is 10.7. The number of tetrazole rings is 1. The van der Waals surface area contributed by atoms with Crippen molar-refractivity contribution in [3.63, 3.8) is 0 Å². The van der Waals surface area contributed by atoms with Gasteiger partial charge in [0, 0.05) is 23.2 Å². The molecule has 0 fully saturated rings. The zero-order valence-electron chi connectivity index (χ0n) is 38.7. The molecule has 5 aromatic rings. The predicted molar refractivity (Wildman–Crippen MR) is 259 cm³/mol. The van der Waals surface area contributed by atoms with Crippen LogP contribution < -0.4 is 19.5 Å². The van der Waals surface area contributed by atoms with Crippen molar-refractivity contribution in [2.24, 2.45) is 0 Å². The maximum atomic E-state index is 15.8. The summed E-state index contributed by atoms with van der Waals surface area (Å²) in [6.45, 7) is 14.8. The van der Waals surface area contributed by atoms with E-state index in [-0.39, 0.29) is 42.6 Å². The minimum absolute atomic E-state index is 0.0455. The van der Waals surface area contributed by atoms with Gasteiger partial charge in [0.1, 0.15) is 27.7 Å². The number of ether oxygens (including phenoxy) is 4. The van der Waals surface area contributed by atoms with Gasteiger partial charge in [-0.05, 0) is 132 Å². The second kappa shape index (κ2) is 20.9. The number of halogens is 1. The van der Waals surface area contributed by atoms with Crippen LogP contribution in [0.25, 0.3) is 11.4 Å². The first kappa shape index (κ1) is 51.4. The highest BCUT2D eigenvalue weighted by Crippen LogP contribution is 2.40. The van der Waals surface area contributed by atoms with Crippen LogP contribution in [0.4, 0.5) is 4.79 Å². The standard InChI is InChI=1S/C45H59IN6O10S2Si/c1-44(2,3)61-43(53)47-26-37(62-65(10,11)45(4,5)6)30-63(54,55)39-25-24-38(46)40(42-48-50-52(49-42)29-33-16-22-36(60-9)23-17-33)41(39)64(56,57)51(27-31-12-18-34(58-7)19-13-31)28-32-14-20-35(59-8)21-15-32/h12-25,37H,26-30H2,1-11H3,(H,47,53)/t37-/m1/s1. The summed E-state index contributed by atoms with van der Waals surface area (Å²) in [5.74, 6) is 1.02. The number of rotatable bonds is 19. The third-order valence-corrected chi connectivity index (χ3v) is 20.0. The molecule has 20 heteroatoms. The van der Waals surface area contributed by atoms with Crippen molar-refractivity contribution in [2.45, 2.75) is 101 Å². The highest BCUT2D eigenvalue weighted by molar-refractivity contribution is 14.1. The summed E-state index contributed by atoms with van der Waals surface area (Å²) in [5.41, 5.74) is 1.17. The molecule has 1 aromatic heterocycles. The Kier molecular flexibility index (Phi) is 16.5. The molecule has 1 amide bonds. The smallest absolute Gasteiger partial charge is 0.407 e. The minimum Gasteiger partial charge on any atom is -0.497 e. The topological polar surface area (TPSA) is 190 Å². The van der Waals surface area contributed by atoms with Crippen LogP contribution in [-0.4, -0.2) is 101 Å². The first-order valence-corrected chi connectivity index (χ1v) is 27.8. The average molecular weight is 1060 g/mol. The highest BCUT2D eigenvalue weighted by Gasteiger charge is 2.42. The maximum Gasteiger partial charge on any atom is 0.407 e. The Hall–Kier alpha value is -4.61. The first-order chi connectivity index (χ1) is 30.3. The fourth-order valence-corrected chi connectivity index (χ4v) is 12.6. The Labute approximate surface area is 397 Å². The van der Waals surface area contributed by atoms with Gasteiger partial charge in [0.25, 0.3) is 0 Å². The predicted octanol–water partition coefficient (Wildman–Crippen LogP) is 8.10. The van der Waals surface area contributed by atoms with Crippen molar-refractivity contribution >= 4 is 56.9 Å². The van der Waals surface area contributed by atoms with Gasteiger partial charge >= 0.3 is 6.09 Å². The van der Waals surface area contributed by atoms with E-state index in [1.165, 1.54) is 35.5 Å². The largest absolute Gasteiger partial charge is 0.497 e. The Morgan fingerprint density at radius 3 is 1.72 bits per heavy atom. The number of aromatic nitrogens is 4. The van der Waals surface area contributed by atoms with Gasteiger partial charge in [-0.3, -0.25) is 0 Å². The molecule has 1 atom stereocenters. The number of sulfone groups is 1. The van der Waals surface area contributed by atoms with Crippen molar-refractivity contribution in [1.29, 1.82) is 0 Å². The van der Waals surface area contributed by atoms with Gasteiger partial charge in [0.05, 0.1) is 50.2 Å². The molecule has 16 nitrogen and oxygen atoms in total. The molecule has 0 unspecified atom stereocenters. The van der Waals surface area contributed by atoms with Crippen molar-refractivity contribution in [2.75, 3.05) is 33.6 Å². The quantitative estimate of drug-likeness (QED) is 0.0617. The number of carbonyl (C=O) groups is 1. The van der Waals surface area contributed by atoms with E-state index in [0.717, 1.165) is 5.56 Å². The van der Waals surface area contributed by atoms with Crippen LogP contribution >= 0.6 is 22.6 Å². The lowest BCUT2D eigenvalue weighted by molar-refractivity contribution is 0.0502. The molecule has 0 radical (unpaired) electrons. The lowest BCUT2D eigenvalue weighted by Crippen LogP contribution is -2.49. The Balaban J connectivity index is 1.71. The number of hydrogen-bond donors (Lipinski definition) is 1. The molecule has 0 saturated heterocycles. The summed E-state index contributed by atoms with van der Waals surface area (Å²) in [7, 11) is -7.47. The van der Waals surface area contributed by atoms with Gasteiger partial charge in [-0.25, -0.2) is 21.6 Å². The molecule has 65 heavy (non-hydrogen) atoms. The summed E-state index contributed by atoms with van der Waals surface area (Å²) in [6, 6.07) is 23.9. The number of alkyl carbamates (subject to hydrolysis) is 1. The number of sulfonamides is 1. The fraction of sp³-hybridized carbons (Fsp3) is 0.422. The van der Waals surface area contributed by atoms with Gasteiger partial charge < -0.3 is 28.7 Å². The van der Waals surface area contributed by atoms with E-state index in [2.05, 4.69) is 20.7 Å². The van der Waals surface area contributed by atoms with Crippen LogP contribution in [0, 0.1) is 3.57 Å². The fourth-order valence-electron chi connectivity index (χ4n) is 6.35. The number of benzene rings is 4. The number of amides is 1. The van der Waals surface area contributed by atoms with Crippen LogP contribution in [0.1, 0.15) is 58.2 Å². The normalized spacial score (nSPS) is 13.1. The molecule has 0 spiro atoms. The molecule has 0 aliphatic heterocycles. The summed E-state index contributed by atoms with van der Waals surface area (Å²) < 4.78 is 91.7. The highest BCUT2D eigenvalue weighted by atomic mass is 127.